The molecule has 0 saturated carbocycles. The van der Waals surface area contributed by atoms with Crippen molar-refractivity contribution in [3.05, 3.63) is 12.2 Å². The van der Waals surface area contributed by atoms with Crippen molar-refractivity contribution in [1.29, 1.82) is 0 Å². The number of unbranched alkanes of at least 4 members (excludes halogenated alkanes) is 13. The van der Waals surface area contributed by atoms with Crippen molar-refractivity contribution >= 4 is 7.82 Å². The Morgan fingerprint density at radius 3 is 1.63 bits per heavy atom. The zero-order valence-electron chi connectivity index (χ0n) is 20.4. The molecular formula is C24H51NO4P+. The number of quaternary nitrogens is 1. The van der Waals surface area contributed by atoms with Crippen molar-refractivity contribution in [2.24, 2.45) is 0 Å². The highest BCUT2D eigenvalue weighted by Gasteiger charge is 2.21. The van der Waals surface area contributed by atoms with Crippen LogP contribution in [0.15, 0.2) is 12.2 Å². The van der Waals surface area contributed by atoms with Crippen LogP contribution in [0.25, 0.3) is 0 Å². The van der Waals surface area contributed by atoms with E-state index in [0.29, 0.717) is 17.6 Å². The maximum absolute atomic E-state index is 11.8. The van der Waals surface area contributed by atoms with Gasteiger partial charge in [-0.15, -0.1) is 0 Å². The van der Waals surface area contributed by atoms with Gasteiger partial charge in [0, 0.05) is 0 Å². The Bertz CT molecular complexity index is 449. The number of rotatable bonds is 22. The molecule has 0 rings (SSSR count). The van der Waals surface area contributed by atoms with Crippen molar-refractivity contribution < 1.29 is 23.0 Å². The summed E-state index contributed by atoms with van der Waals surface area (Å²) in [4.78, 5) is 9.64. The van der Waals surface area contributed by atoms with Crippen molar-refractivity contribution in [3.8, 4) is 0 Å². The minimum absolute atomic E-state index is 0.228. The third-order valence-electron chi connectivity index (χ3n) is 5.18. The highest BCUT2D eigenvalue weighted by molar-refractivity contribution is 7.47. The second-order valence-corrected chi connectivity index (χ2v) is 10.9. The van der Waals surface area contributed by atoms with E-state index in [1.54, 1.807) is 0 Å². The molecule has 0 fully saturated rings. The van der Waals surface area contributed by atoms with Crippen LogP contribution in [-0.2, 0) is 13.6 Å². The van der Waals surface area contributed by atoms with E-state index in [1.807, 2.05) is 21.1 Å². The molecule has 0 aliphatic carbocycles. The summed E-state index contributed by atoms with van der Waals surface area (Å²) in [5.74, 6) is 0. The van der Waals surface area contributed by atoms with Crippen molar-refractivity contribution in [2.75, 3.05) is 40.9 Å². The van der Waals surface area contributed by atoms with Crippen LogP contribution in [0, 0.1) is 0 Å². The molecule has 6 heteroatoms. The first-order chi connectivity index (χ1) is 14.3. The summed E-state index contributed by atoms with van der Waals surface area (Å²) in [6, 6.07) is 0. The van der Waals surface area contributed by atoms with Gasteiger partial charge in [0.1, 0.15) is 13.2 Å². The van der Waals surface area contributed by atoms with E-state index in [0.717, 1.165) is 19.3 Å². The van der Waals surface area contributed by atoms with Gasteiger partial charge in [0.05, 0.1) is 27.7 Å². The van der Waals surface area contributed by atoms with E-state index in [2.05, 4.69) is 19.1 Å². The molecule has 0 aliphatic heterocycles. The summed E-state index contributed by atoms with van der Waals surface area (Å²) < 4.78 is 22.5. The number of hydrogen-bond acceptors (Lipinski definition) is 3. The predicted molar refractivity (Wildman–Crippen MR) is 129 cm³/mol. The molecule has 180 valence electrons. The molecule has 0 saturated heterocycles. The third-order valence-corrected chi connectivity index (χ3v) is 6.19. The Labute approximate surface area is 187 Å². The topological polar surface area (TPSA) is 55.8 Å². The number of hydrogen-bond donors (Lipinski definition) is 1. The summed E-state index contributed by atoms with van der Waals surface area (Å²) in [5, 5.41) is 0. The molecule has 0 amide bonds. The van der Waals surface area contributed by atoms with Crippen molar-refractivity contribution in [2.45, 2.75) is 103 Å². The van der Waals surface area contributed by atoms with Crippen LogP contribution in [-0.4, -0.2) is 50.3 Å². The molecule has 0 radical (unpaired) electrons. The molecule has 0 aromatic rings. The monoisotopic (exact) mass is 448 g/mol. The van der Waals surface area contributed by atoms with E-state index in [-0.39, 0.29) is 6.61 Å². The normalized spacial score (nSPS) is 14.4. The highest BCUT2D eigenvalue weighted by Crippen LogP contribution is 2.43. The predicted octanol–water partition coefficient (Wildman–Crippen LogP) is 7.25. The molecule has 0 aromatic heterocycles. The van der Waals surface area contributed by atoms with Gasteiger partial charge in [-0.3, -0.25) is 9.05 Å². The van der Waals surface area contributed by atoms with Gasteiger partial charge in [-0.1, -0.05) is 83.3 Å². The maximum atomic E-state index is 11.8. The van der Waals surface area contributed by atoms with Gasteiger partial charge in [0.2, 0.25) is 0 Å². The van der Waals surface area contributed by atoms with E-state index in [1.165, 1.54) is 77.0 Å². The Balaban J connectivity index is 3.34. The quantitative estimate of drug-likeness (QED) is 0.0820. The Morgan fingerprint density at radius 2 is 1.13 bits per heavy atom. The molecule has 0 aliphatic rings. The molecule has 0 spiro atoms. The highest BCUT2D eigenvalue weighted by atomic mass is 31.2. The van der Waals surface area contributed by atoms with E-state index in [9.17, 15) is 9.46 Å². The van der Waals surface area contributed by atoms with Crippen LogP contribution in [0.4, 0.5) is 0 Å². The smallest absolute Gasteiger partial charge is 0.329 e. The van der Waals surface area contributed by atoms with Gasteiger partial charge in [-0.25, -0.2) is 4.57 Å². The molecule has 1 atom stereocenters. The number of likely N-dealkylation sites (N-methyl/N-ethyl adjacent to an activating group) is 1. The zero-order chi connectivity index (χ0) is 22.6. The lowest BCUT2D eigenvalue weighted by Crippen LogP contribution is -2.37. The van der Waals surface area contributed by atoms with Gasteiger partial charge in [-0.05, 0) is 32.1 Å². The zero-order valence-corrected chi connectivity index (χ0v) is 21.3. The molecule has 5 nitrogen and oxygen atoms in total. The Kier molecular flexibility index (Phi) is 19.4. The van der Waals surface area contributed by atoms with Crippen LogP contribution in [0.2, 0.25) is 0 Å². The van der Waals surface area contributed by atoms with Gasteiger partial charge < -0.3 is 9.38 Å². The van der Waals surface area contributed by atoms with Crippen LogP contribution in [0.5, 0.6) is 0 Å². The van der Waals surface area contributed by atoms with E-state index in [4.69, 9.17) is 9.05 Å². The fourth-order valence-electron chi connectivity index (χ4n) is 3.17. The lowest BCUT2D eigenvalue weighted by Gasteiger charge is -2.24. The first kappa shape index (κ1) is 29.8. The van der Waals surface area contributed by atoms with Crippen molar-refractivity contribution in [1.82, 2.24) is 0 Å². The number of phosphoric acid groups is 1. The summed E-state index contributed by atoms with van der Waals surface area (Å²) in [7, 11) is 2.16. The Morgan fingerprint density at radius 1 is 0.700 bits per heavy atom. The molecule has 0 aromatic carbocycles. The molecule has 30 heavy (non-hydrogen) atoms. The largest absolute Gasteiger partial charge is 0.472 e. The van der Waals surface area contributed by atoms with Crippen LogP contribution in [0.3, 0.4) is 0 Å². The van der Waals surface area contributed by atoms with Gasteiger partial charge in [0.15, 0.2) is 0 Å². The first-order valence-corrected chi connectivity index (χ1v) is 13.8. The Hall–Kier alpha value is -0.190. The second kappa shape index (κ2) is 19.5. The molecule has 0 bridgehead atoms. The van der Waals surface area contributed by atoms with Gasteiger partial charge >= 0.3 is 7.82 Å². The number of allylic oxidation sites excluding steroid dienone is 2. The summed E-state index contributed by atoms with van der Waals surface area (Å²) in [6.07, 6.45) is 23.5. The fourth-order valence-corrected chi connectivity index (χ4v) is 3.92. The maximum Gasteiger partial charge on any atom is 0.472 e. The SMILES string of the molecule is CCCCCCCC/C=C\CCCCCCCCCOP(=O)(O)OCC[N+](C)(C)C. The van der Waals surface area contributed by atoms with Gasteiger partial charge in [-0.2, -0.15) is 0 Å². The van der Waals surface area contributed by atoms with Crippen LogP contribution >= 0.6 is 7.82 Å². The van der Waals surface area contributed by atoms with E-state index < -0.39 is 7.82 Å². The molecule has 1 unspecified atom stereocenters. The number of nitrogens with zero attached hydrogens (tertiary/aromatic N) is 1. The average Bonchev–Trinajstić information content (AvgIpc) is 2.65. The van der Waals surface area contributed by atoms with E-state index >= 15 is 0 Å². The lowest BCUT2D eigenvalue weighted by molar-refractivity contribution is -0.870. The standard InChI is InChI=1S/C24H50NO4P/c1-5-6-7-8-9-10-11-12-13-14-15-16-17-18-19-20-21-23-28-30(26,27)29-24-22-25(2,3)4/h12-13H,5-11,14-24H2,1-4H3/p+1/b13-12-. The minimum atomic E-state index is -3.89. The van der Waals surface area contributed by atoms with Crippen LogP contribution in [0.1, 0.15) is 103 Å². The average molecular weight is 449 g/mol. The third kappa shape index (κ3) is 24.1. The molecule has 1 N–H and O–H groups in total. The van der Waals surface area contributed by atoms with Crippen LogP contribution < -0.4 is 0 Å². The minimum Gasteiger partial charge on any atom is -0.329 e. The lowest BCUT2D eigenvalue weighted by atomic mass is 10.1. The number of phosphoric ester groups is 1. The molecular weight excluding hydrogens is 397 g/mol. The second-order valence-electron chi connectivity index (χ2n) is 9.44. The van der Waals surface area contributed by atoms with Gasteiger partial charge in [0.25, 0.3) is 0 Å². The summed E-state index contributed by atoms with van der Waals surface area (Å²) in [5.41, 5.74) is 0. The van der Waals surface area contributed by atoms with Crippen molar-refractivity contribution in [3.63, 3.8) is 0 Å². The first-order valence-electron chi connectivity index (χ1n) is 12.3. The fraction of sp³-hybridized carbons (Fsp3) is 0.917. The molecule has 0 heterocycles. The summed E-state index contributed by atoms with van der Waals surface area (Å²) >= 11 is 0. The summed E-state index contributed by atoms with van der Waals surface area (Å²) in [6.45, 7) is 3.46.